The second-order valence-corrected chi connectivity index (χ2v) is 16.6. The van der Waals surface area contributed by atoms with Crippen molar-refractivity contribution in [3.05, 3.63) is 190 Å². The van der Waals surface area contributed by atoms with Crippen LogP contribution in [0.25, 0.3) is 88.4 Å². The van der Waals surface area contributed by atoms with Gasteiger partial charge in [-0.3, -0.25) is 0 Å². The molecule has 0 amide bonds. The van der Waals surface area contributed by atoms with E-state index in [4.69, 9.17) is 0 Å². The molecule has 3 nitrogen and oxygen atoms in total. The summed E-state index contributed by atoms with van der Waals surface area (Å²) in [6.07, 6.45) is 0. The monoisotopic (exact) mass is 759 g/mol. The van der Waals surface area contributed by atoms with Crippen molar-refractivity contribution in [1.82, 2.24) is 9.13 Å². The maximum absolute atomic E-state index is 9.96. The Bertz CT molecular complexity index is 3370. The first-order valence-electron chi connectivity index (χ1n) is 20.5. The number of nitriles is 1. The van der Waals surface area contributed by atoms with Gasteiger partial charge in [0.2, 0.25) is 0 Å². The van der Waals surface area contributed by atoms with Crippen molar-refractivity contribution < 1.29 is 0 Å². The zero-order chi connectivity index (χ0) is 40.7. The van der Waals surface area contributed by atoms with Gasteiger partial charge in [0.05, 0.1) is 45.1 Å². The lowest BCUT2D eigenvalue weighted by molar-refractivity contribution is 1.09. The van der Waals surface area contributed by atoms with Gasteiger partial charge in [-0.25, -0.2) is 0 Å². The number of aryl methyl sites for hydroxylation is 7. The van der Waals surface area contributed by atoms with Crippen LogP contribution in [0.2, 0.25) is 0 Å². The molecule has 0 spiro atoms. The predicted octanol–water partition coefficient (Wildman–Crippen LogP) is 14.9. The third kappa shape index (κ3) is 5.78. The Hall–Kier alpha value is -7.15. The van der Waals surface area contributed by atoms with Crippen LogP contribution in [0.5, 0.6) is 0 Å². The molecule has 0 aliphatic heterocycles. The van der Waals surface area contributed by atoms with Crippen LogP contribution >= 0.6 is 0 Å². The summed E-state index contributed by atoms with van der Waals surface area (Å²) in [5.41, 5.74) is 23.4. The smallest absolute Gasteiger partial charge is 0.0991 e. The fraction of sp³-hybridized carbons (Fsp3) is 0.125. The molecule has 0 fully saturated rings. The van der Waals surface area contributed by atoms with Gasteiger partial charge in [-0.15, -0.1) is 0 Å². The molecule has 0 aliphatic rings. The molecule has 59 heavy (non-hydrogen) atoms. The molecule has 10 rings (SSSR count). The Morgan fingerprint density at radius 2 is 0.831 bits per heavy atom. The second kappa shape index (κ2) is 13.8. The fourth-order valence-corrected chi connectivity index (χ4v) is 10.1. The van der Waals surface area contributed by atoms with E-state index in [0.717, 1.165) is 50.1 Å². The van der Waals surface area contributed by atoms with Crippen LogP contribution in [0, 0.1) is 59.8 Å². The number of benzene rings is 8. The summed E-state index contributed by atoms with van der Waals surface area (Å²) in [6.45, 7) is 15.5. The molecular weight excluding hydrogens is 715 g/mol. The largest absolute Gasteiger partial charge is 0.307 e. The highest BCUT2D eigenvalue weighted by Gasteiger charge is 2.23. The molecule has 0 radical (unpaired) electrons. The van der Waals surface area contributed by atoms with E-state index in [1.54, 1.807) is 0 Å². The van der Waals surface area contributed by atoms with Crippen molar-refractivity contribution in [2.75, 3.05) is 0 Å². The van der Waals surface area contributed by atoms with Crippen molar-refractivity contribution in [2.24, 2.45) is 0 Å². The maximum Gasteiger partial charge on any atom is 0.0991 e. The summed E-state index contributed by atoms with van der Waals surface area (Å²) in [5.74, 6) is 0. The first-order valence-corrected chi connectivity index (χ1v) is 20.5. The molecule has 0 unspecified atom stereocenters. The van der Waals surface area contributed by atoms with Gasteiger partial charge in [-0.1, -0.05) is 108 Å². The summed E-state index contributed by atoms with van der Waals surface area (Å²) >= 11 is 0. The maximum atomic E-state index is 9.96. The van der Waals surface area contributed by atoms with E-state index in [1.165, 1.54) is 77.2 Å². The van der Waals surface area contributed by atoms with E-state index in [0.29, 0.717) is 5.56 Å². The molecule has 8 aromatic carbocycles. The lowest BCUT2D eigenvalue weighted by atomic mass is 9.93. The molecule has 0 N–H and O–H groups in total. The summed E-state index contributed by atoms with van der Waals surface area (Å²) in [6, 6.07) is 55.9. The number of rotatable bonds is 5. The molecular formula is C56H45N3. The highest BCUT2D eigenvalue weighted by molar-refractivity contribution is 6.13. The summed E-state index contributed by atoms with van der Waals surface area (Å²) in [5, 5.41) is 14.8. The van der Waals surface area contributed by atoms with Gasteiger partial charge in [-0.05, 0) is 158 Å². The zero-order valence-corrected chi connectivity index (χ0v) is 34.7. The Morgan fingerprint density at radius 1 is 0.373 bits per heavy atom. The second-order valence-electron chi connectivity index (χ2n) is 16.6. The average molecular weight is 760 g/mol. The van der Waals surface area contributed by atoms with Gasteiger partial charge in [0, 0.05) is 21.5 Å². The highest BCUT2D eigenvalue weighted by Crippen LogP contribution is 2.43. The van der Waals surface area contributed by atoms with E-state index < -0.39 is 0 Å². The van der Waals surface area contributed by atoms with Crippen LogP contribution in [-0.2, 0) is 0 Å². The Balaban J connectivity index is 1.35. The van der Waals surface area contributed by atoms with Crippen molar-refractivity contribution in [1.29, 1.82) is 5.26 Å². The fourth-order valence-electron chi connectivity index (χ4n) is 10.1. The topological polar surface area (TPSA) is 33.6 Å². The standard InChI is InChI=1S/C56H45N3/c1-33-23-36(4)55(37(5)24-33)42-19-21-46-44-15-8-10-17-49(44)58(51(46)29-42)53-27-35(3)48(41-14-12-13-40(28-41)32-57)31-54(53)59-50-18-11-9-16-45(50)47-22-20-43(30-52(47)59)56-38(6)25-34(2)26-39(56)7/h8-31H,1-7H3. The minimum absolute atomic E-state index is 0.648. The van der Waals surface area contributed by atoms with E-state index >= 15 is 0 Å². The third-order valence-corrected chi connectivity index (χ3v) is 12.4. The minimum Gasteiger partial charge on any atom is -0.307 e. The van der Waals surface area contributed by atoms with Gasteiger partial charge in [0.25, 0.3) is 0 Å². The number of nitrogens with zero attached hydrogens (tertiary/aromatic N) is 3. The van der Waals surface area contributed by atoms with Crippen LogP contribution in [0.15, 0.2) is 146 Å². The van der Waals surface area contributed by atoms with E-state index in [-0.39, 0.29) is 0 Å². The number of hydrogen-bond donors (Lipinski definition) is 0. The summed E-state index contributed by atoms with van der Waals surface area (Å²) in [4.78, 5) is 0. The molecule has 0 aliphatic carbocycles. The molecule has 10 aromatic rings. The number of hydrogen-bond acceptors (Lipinski definition) is 1. The van der Waals surface area contributed by atoms with E-state index in [9.17, 15) is 5.26 Å². The Morgan fingerprint density at radius 3 is 1.32 bits per heavy atom. The van der Waals surface area contributed by atoms with Crippen LogP contribution in [-0.4, -0.2) is 9.13 Å². The van der Waals surface area contributed by atoms with Gasteiger partial charge >= 0.3 is 0 Å². The lowest BCUT2D eigenvalue weighted by Gasteiger charge is -2.21. The van der Waals surface area contributed by atoms with Gasteiger partial charge in [0.1, 0.15) is 0 Å². The van der Waals surface area contributed by atoms with E-state index in [1.807, 2.05) is 18.2 Å². The Labute approximate surface area is 346 Å². The first-order chi connectivity index (χ1) is 28.6. The van der Waals surface area contributed by atoms with Crippen LogP contribution in [0.1, 0.15) is 44.5 Å². The van der Waals surface area contributed by atoms with Gasteiger partial charge in [-0.2, -0.15) is 5.26 Å². The van der Waals surface area contributed by atoms with Crippen molar-refractivity contribution in [3.8, 4) is 50.8 Å². The average Bonchev–Trinajstić information content (AvgIpc) is 3.72. The molecule has 2 heterocycles. The molecule has 3 heteroatoms. The SMILES string of the molecule is Cc1cc(C)c(-c2ccc3c4ccccc4n(-c4cc(C)c(-c5cccc(C#N)c5)cc4-n4c5ccccc5c5ccc(-c6c(C)cc(C)cc6C)cc54)c3c2)c(C)c1. The van der Waals surface area contributed by atoms with Crippen molar-refractivity contribution in [2.45, 2.75) is 48.5 Å². The highest BCUT2D eigenvalue weighted by atomic mass is 15.1. The summed E-state index contributed by atoms with van der Waals surface area (Å²) < 4.78 is 4.97. The molecule has 0 saturated heterocycles. The predicted molar refractivity (Wildman–Crippen MR) is 249 cm³/mol. The normalized spacial score (nSPS) is 11.6. The van der Waals surface area contributed by atoms with Crippen molar-refractivity contribution in [3.63, 3.8) is 0 Å². The first kappa shape index (κ1) is 36.2. The summed E-state index contributed by atoms with van der Waals surface area (Å²) in [7, 11) is 0. The zero-order valence-electron chi connectivity index (χ0n) is 34.7. The van der Waals surface area contributed by atoms with Crippen molar-refractivity contribution >= 4 is 43.6 Å². The van der Waals surface area contributed by atoms with Gasteiger partial charge < -0.3 is 9.13 Å². The molecule has 0 saturated carbocycles. The van der Waals surface area contributed by atoms with E-state index in [2.05, 4.69) is 191 Å². The van der Waals surface area contributed by atoms with Crippen LogP contribution in [0.3, 0.4) is 0 Å². The minimum atomic E-state index is 0.648. The number of para-hydroxylation sites is 2. The third-order valence-electron chi connectivity index (χ3n) is 12.4. The lowest BCUT2D eigenvalue weighted by Crippen LogP contribution is -2.05. The number of aromatic nitrogens is 2. The number of fused-ring (bicyclic) bond motifs is 6. The molecule has 0 bridgehead atoms. The molecule has 284 valence electrons. The molecule has 0 atom stereocenters. The van der Waals surface area contributed by atoms with Crippen LogP contribution in [0.4, 0.5) is 0 Å². The molecule has 2 aromatic heterocycles. The quantitative estimate of drug-likeness (QED) is 0.172. The van der Waals surface area contributed by atoms with Crippen LogP contribution < -0.4 is 0 Å². The Kier molecular flexibility index (Phi) is 8.44. The van der Waals surface area contributed by atoms with Gasteiger partial charge in [0.15, 0.2) is 0 Å².